The molecule has 0 saturated heterocycles. The van der Waals surface area contributed by atoms with Crippen LogP contribution >= 0.6 is 12.2 Å². The number of hydrogen-bond donors (Lipinski definition) is 2. The monoisotopic (exact) mass is 209 g/mol. The van der Waals surface area contributed by atoms with Gasteiger partial charge in [-0.05, 0) is 24.4 Å². The molecule has 6 heteroatoms. The summed E-state index contributed by atoms with van der Waals surface area (Å²) < 4.78 is 5.02. The minimum absolute atomic E-state index is 0.255. The maximum Gasteiger partial charge on any atom is 0.356 e. The van der Waals surface area contributed by atoms with Crippen molar-refractivity contribution in [2.75, 3.05) is 7.11 Å². The van der Waals surface area contributed by atoms with E-state index in [0.717, 1.165) is 5.52 Å². The van der Waals surface area contributed by atoms with Gasteiger partial charge in [-0.25, -0.2) is 9.78 Å². The van der Waals surface area contributed by atoms with E-state index in [2.05, 4.69) is 19.7 Å². The second-order valence-corrected chi connectivity index (χ2v) is 3.07. The van der Waals surface area contributed by atoms with Crippen molar-refractivity contribution in [2.24, 2.45) is 0 Å². The molecule has 72 valence electrons. The summed E-state index contributed by atoms with van der Waals surface area (Å²) >= 11 is 4.88. The van der Waals surface area contributed by atoms with Crippen molar-refractivity contribution in [2.45, 2.75) is 0 Å². The van der Waals surface area contributed by atoms with Gasteiger partial charge in [-0.3, -0.25) is 0 Å². The van der Waals surface area contributed by atoms with Crippen LogP contribution in [0, 0.1) is 4.77 Å². The van der Waals surface area contributed by atoms with E-state index < -0.39 is 5.97 Å². The number of rotatable bonds is 1. The summed E-state index contributed by atoms with van der Waals surface area (Å²) in [4.78, 5) is 20.9. The Morgan fingerprint density at radius 1 is 1.50 bits per heavy atom. The minimum atomic E-state index is -0.465. The molecule has 0 bridgehead atoms. The first-order valence-electron chi connectivity index (χ1n) is 3.88. The lowest BCUT2D eigenvalue weighted by Crippen LogP contribution is -2.03. The van der Waals surface area contributed by atoms with Crippen molar-refractivity contribution in [3.63, 3.8) is 0 Å². The Kier molecular flexibility index (Phi) is 2.05. The Bertz CT molecular complexity index is 543. The van der Waals surface area contributed by atoms with Crippen molar-refractivity contribution in [1.29, 1.82) is 0 Å². The highest BCUT2D eigenvalue weighted by atomic mass is 32.1. The lowest BCUT2D eigenvalue weighted by molar-refractivity contribution is 0.0594. The first-order chi connectivity index (χ1) is 6.70. The van der Waals surface area contributed by atoms with Gasteiger partial charge in [-0.2, -0.15) is 0 Å². The van der Waals surface area contributed by atoms with Crippen molar-refractivity contribution in [3.8, 4) is 0 Å². The van der Waals surface area contributed by atoms with Crippen molar-refractivity contribution in [3.05, 3.63) is 22.6 Å². The largest absolute Gasteiger partial charge is 0.464 e. The van der Waals surface area contributed by atoms with Gasteiger partial charge in [0.15, 0.2) is 16.1 Å². The lowest BCUT2D eigenvalue weighted by atomic mass is 10.3. The Hall–Kier alpha value is -1.69. The van der Waals surface area contributed by atoms with Gasteiger partial charge >= 0.3 is 5.97 Å². The zero-order valence-electron chi connectivity index (χ0n) is 7.33. The molecule has 14 heavy (non-hydrogen) atoms. The number of ether oxygens (including phenoxy) is 1. The number of esters is 1. The van der Waals surface area contributed by atoms with Crippen molar-refractivity contribution >= 4 is 29.4 Å². The first kappa shape index (κ1) is 8.89. The highest BCUT2D eigenvalue weighted by molar-refractivity contribution is 7.71. The number of imidazole rings is 1. The average Bonchev–Trinajstić information content (AvgIpc) is 2.55. The number of hydrogen-bond acceptors (Lipinski definition) is 4. The number of H-pyrrole nitrogens is 2. The number of aromatic nitrogens is 3. The summed E-state index contributed by atoms with van der Waals surface area (Å²) in [5.41, 5.74) is 1.57. The Morgan fingerprint density at radius 3 is 3.00 bits per heavy atom. The topological polar surface area (TPSA) is 70.8 Å². The fraction of sp³-hybridized carbons (Fsp3) is 0.125. The molecule has 0 unspecified atom stereocenters. The van der Waals surface area contributed by atoms with Gasteiger partial charge in [-0.15, -0.1) is 0 Å². The Morgan fingerprint density at radius 2 is 2.29 bits per heavy atom. The van der Waals surface area contributed by atoms with Crippen LogP contribution in [-0.4, -0.2) is 28.0 Å². The third-order valence-corrected chi connectivity index (χ3v) is 1.97. The molecule has 5 nitrogen and oxygen atoms in total. The number of carbonyl (C=O) groups is 1. The van der Waals surface area contributed by atoms with Crippen LogP contribution in [0.3, 0.4) is 0 Å². The summed E-state index contributed by atoms with van der Waals surface area (Å²) in [5, 5.41) is 0. The number of aromatic amines is 2. The molecule has 0 saturated carbocycles. The summed E-state index contributed by atoms with van der Waals surface area (Å²) in [7, 11) is 1.31. The smallest absolute Gasteiger partial charge is 0.356 e. The van der Waals surface area contributed by atoms with E-state index in [9.17, 15) is 4.79 Å². The highest BCUT2D eigenvalue weighted by Gasteiger charge is 2.08. The molecular weight excluding hydrogens is 202 g/mol. The molecule has 2 aromatic rings. The van der Waals surface area contributed by atoms with Crippen LogP contribution in [-0.2, 0) is 4.74 Å². The van der Waals surface area contributed by atoms with Crippen LogP contribution in [0.15, 0.2) is 12.1 Å². The van der Waals surface area contributed by atoms with Gasteiger partial charge in [0, 0.05) is 0 Å². The van der Waals surface area contributed by atoms with E-state index in [4.69, 9.17) is 12.2 Å². The molecule has 2 rings (SSSR count). The summed E-state index contributed by atoms with van der Waals surface area (Å²) in [6, 6.07) is 3.30. The molecular formula is C8H7N3O2S. The second-order valence-electron chi connectivity index (χ2n) is 2.66. The lowest BCUT2D eigenvalue weighted by Gasteiger charge is -1.96. The fourth-order valence-corrected chi connectivity index (χ4v) is 1.34. The van der Waals surface area contributed by atoms with Crippen molar-refractivity contribution in [1.82, 2.24) is 15.0 Å². The van der Waals surface area contributed by atoms with E-state index in [1.807, 2.05) is 0 Å². The van der Waals surface area contributed by atoms with E-state index in [0.29, 0.717) is 10.4 Å². The molecule has 2 N–H and O–H groups in total. The van der Waals surface area contributed by atoms with E-state index in [-0.39, 0.29) is 5.69 Å². The van der Waals surface area contributed by atoms with Crippen LogP contribution in [0.4, 0.5) is 0 Å². The molecule has 0 spiro atoms. The fourth-order valence-electron chi connectivity index (χ4n) is 1.13. The molecule has 0 fully saturated rings. The van der Waals surface area contributed by atoms with Crippen LogP contribution in [0.25, 0.3) is 11.2 Å². The Labute approximate surface area is 84.1 Å². The number of fused-ring (bicyclic) bond motifs is 1. The van der Waals surface area contributed by atoms with Crippen LogP contribution in [0.1, 0.15) is 10.5 Å². The number of nitrogens with one attached hydrogen (secondary N) is 2. The van der Waals surface area contributed by atoms with Crippen LogP contribution < -0.4 is 0 Å². The third-order valence-electron chi connectivity index (χ3n) is 1.77. The summed E-state index contributed by atoms with van der Waals surface area (Å²) in [5.74, 6) is -0.465. The Balaban J connectivity index is 2.61. The molecule has 0 radical (unpaired) electrons. The van der Waals surface area contributed by atoms with E-state index in [1.165, 1.54) is 7.11 Å². The summed E-state index contributed by atoms with van der Waals surface area (Å²) in [6.07, 6.45) is 0. The maximum atomic E-state index is 11.1. The molecule has 0 amide bonds. The number of nitrogens with zero attached hydrogens (tertiary/aromatic N) is 1. The van der Waals surface area contributed by atoms with Gasteiger partial charge in [0.1, 0.15) is 0 Å². The quantitative estimate of drug-likeness (QED) is 0.550. The molecule has 0 atom stereocenters. The average molecular weight is 209 g/mol. The van der Waals surface area contributed by atoms with E-state index >= 15 is 0 Å². The third kappa shape index (κ3) is 1.39. The summed E-state index contributed by atoms with van der Waals surface area (Å²) in [6.45, 7) is 0. The standard InChI is InChI=1S/C8H7N3O2S/c1-13-7(12)5-3-2-4-6(9-5)11-8(14)10-4/h2-3H,1H3,(H2,9,10,11,14). The van der Waals surface area contributed by atoms with Crippen LogP contribution in [0.5, 0.6) is 0 Å². The predicted octanol–water partition coefficient (Wildman–Crippen LogP) is 1.41. The SMILES string of the molecule is COC(=O)c1ccc2[nH]c(=S)[nH]c2n1. The van der Waals surface area contributed by atoms with Gasteiger partial charge in [0.2, 0.25) is 0 Å². The number of pyridine rings is 1. The molecule has 2 heterocycles. The van der Waals surface area contributed by atoms with Crippen molar-refractivity contribution < 1.29 is 9.53 Å². The van der Waals surface area contributed by atoms with Gasteiger partial charge in [0.25, 0.3) is 0 Å². The van der Waals surface area contributed by atoms with Gasteiger partial charge in [0.05, 0.1) is 12.6 Å². The van der Waals surface area contributed by atoms with Gasteiger partial charge < -0.3 is 14.7 Å². The molecule has 2 aromatic heterocycles. The predicted molar refractivity (Wildman–Crippen MR) is 52.6 cm³/mol. The molecule has 0 aliphatic carbocycles. The second kappa shape index (κ2) is 3.22. The normalized spacial score (nSPS) is 10.4. The minimum Gasteiger partial charge on any atom is -0.464 e. The van der Waals surface area contributed by atoms with Gasteiger partial charge in [-0.1, -0.05) is 0 Å². The molecule has 0 aliphatic heterocycles. The molecule has 0 aromatic carbocycles. The zero-order chi connectivity index (χ0) is 10.1. The number of carbonyl (C=O) groups excluding carboxylic acids is 1. The number of methoxy groups -OCH3 is 1. The molecule has 0 aliphatic rings. The highest BCUT2D eigenvalue weighted by Crippen LogP contribution is 2.08. The zero-order valence-corrected chi connectivity index (χ0v) is 8.14. The van der Waals surface area contributed by atoms with Crippen LogP contribution in [0.2, 0.25) is 0 Å². The maximum absolute atomic E-state index is 11.1. The van der Waals surface area contributed by atoms with E-state index in [1.54, 1.807) is 12.1 Å². The first-order valence-corrected chi connectivity index (χ1v) is 4.29.